The zero-order valence-corrected chi connectivity index (χ0v) is 23.4. The summed E-state index contributed by atoms with van der Waals surface area (Å²) in [6, 6.07) is 23.5. The summed E-state index contributed by atoms with van der Waals surface area (Å²) in [6.07, 6.45) is 2.15. The lowest BCUT2D eigenvalue weighted by molar-refractivity contribution is -0.140. The molecular weight excluding hydrogens is 498 g/mol. The lowest BCUT2D eigenvalue weighted by Crippen LogP contribution is -2.53. The summed E-state index contributed by atoms with van der Waals surface area (Å²) in [6.45, 7) is 5.99. The zero-order chi connectivity index (χ0) is 27.7. The average molecular weight is 536 g/mol. The molecule has 0 fully saturated rings. The van der Waals surface area contributed by atoms with Crippen LogP contribution in [0.15, 0.2) is 78.9 Å². The maximum Gasteiger partial charge on any atom is 0.244 e. The first-order valence-corrected chi connectivity index (χ1v) is 14.6. The van der Waals surface area contributed by atoms with Crippen LogP contribution in [0.5, 0.6) is 0 Å². The molecule has 0 aromatic heterocycles. The monoisotopic (exact) mass is 535 g/mol. The molecule has 3 aromatic rings. The minimum atomic E-state index is -3.78. The van der Waals surface area contributed by atoms with Crippen molar-refractivity contribution in [3.8, 4) is 0 Å². The van der Waals surface area contributed by atoms with Crippen LogP contribution in [-0.4, -0.2) is 50.5 Å². The normalized spacial score (nSPS) is 12.0. The van der Waals surface area contributed by atoms with Crippen LogP contribution in [0.2, 0.25) is 0 Å². The third-order valence-corrected chi connectivity index (χ3v) is 7.48. The fourth-order valence-electron chi connectivity index (χ4n) is 4.25. The molecule has 0 aliphatic carbocycles. The van der Waals surface area contributed by atoms with Crippen molar-refractivity contribution in [3.05, 3.63) is 101 Å². The number of hydrogen-bond donors (Lipinski definition) is 1. The maximum absolute atomic E-state index is 14.0. The largest absolute Gasteiger partial charge is 0.354 e. The average Bonchev–Trinajstić information content (AvgIpc) is 2.89. The van der Waals surface area contributed by atoms with E-state index in [4.69, 9.17) is 0 Å². The number of rotatable bonds is 12. The number of carbonyl (C=O) groups is 2. The molecule has 0 unspecified atom stereocenters. The molecule has 0 aliphatic rings. The molecule has 0 saturated heterocycles. The van der Waals surface area contributed by atoms with Gasteiger partial charge in [-0.2, -0.15) is 0 Å². The van der Waals surface area contributed by atoms with Gasteiger partial charge in [0, 0.05) is 19.5 Å². The number of carbonyl (C=O) groups excluding carboxylic acids is 2. The van der Waals surface area contributed by atoms with E-state index in [2.05, 4.69) is 5.32 Å². The fraction of sp³-hybridized carbons (Fsp3) is 0.333. The molecule has 0 radical (unpaired) electrons. The van der Waals surface area contributed by atoms with Gasteiger partial charge in [-0.05, 0) is 43.0 Å². The van der Waals surface area contributed by atoms with Crippen molar-refractivity contribution in [3.63, 3.8) is 0 Å². The second-order valence-electron chi connectivity index (χ2n) is 9.56. The van der Waals surface area contributed by atoms with Gasteiger partial charge in [0.2, 0.25) is 21.8 Å². The van der Waals surface area contributed by atoms with E-state index in [0.717, 1.165) is 39.2 Å². The van der Waals surface area contributed by atoms with Crippen molar-refractivity contribution in [2.45, 2.75) is 46.2 Å². The highest BCUT2D eigenvalue weighted by Gasteiger charge is 2.33. The molecule has 3 aromatic carbocycles. The third-order valence-electron chi connectivity index (χ3n) is 6.36. The summed E-state index contributed by atoms with van der Waals surface area (Å²) in [7, 11) is -3.78. The fourth-order valence-corrected chi connectivity index (χ4v) is 5.16. The van der Waals surface area contributed by atoms with Crippen molar-refractivity contribution < 1.29 is 18.0 Å². The van der Waals surface area contributed by atoms with Crippen molar-refractivity contribution in [1.29, 1.82) is 0 Å². The predicted molar refractivity (Wildman–Crippen MR) is 152 cm³/mol. The molecule has 0 aliphatic heterocycles. The third kappa shape index (κ3) is 7.92. The smallest absolute Gasteiger partial charge is 0.244 e. The number of benzene rings is 3. The van der Waals surface area contributed by atoms with Gasteiger partial charge in [-0.1, -0.05) is 85.3 Å². The summed E-state index contributed by atoms with van der Waals surface area (Å²) < 4.78 is 26.8. The van der Waals surface area contributed by atoms with Crippen LogP contribution in [0.25, 0.3) is 0 Å². The minimum Gasteiger partial charge on any atom is -0.354 e. The van der Waals surface area contributed by atoms with Crippen molar-refractivity contribution in [1.82, 2.24) is 10.2 Å². The van der Waals surface area contributed by atoms with Crippen molar-refractivity contribution >= 4 is 27.5 Å². The Morgan fingerprint density at radius 2 is 1.50 bits per heavy atom. The van der Waals surface area contributed by atoms with Crippen LogP contribution in [0.4, 0.5) is 5.69 Å². The quantitative estimate of drug-likeness (QED) is 0.376. The molecule has 8 heteroatoms. The van der Waals surface area contributed by atoms with Crippen LogP contribution >= 0.6 is 0 Å². The van der Waals surface area contributed by atoms with Gasteiger partial charge in [-0.15, -0.1) is 0 Å². The lowest BCUT2D eigenvalue weighted by atomic mass is 10.0. The van der Waals surface area contributed by atoms with E-state index in [-0.39, 0.29) is 12.5 Å². The molecule has 0 heterocycles. The highest BCUT2D eigenvalue weighted by molar-refractivity contribution is 7.92. The first-order valence-electron chi connectivity index (χ1n) is 12.8. The van der Waals surface area contributed by atoms with Crippen LogP contribution in [0.1, 0.15) is 35.6 Å². The summed E-state index contributed by atoms with van der Waals surface area (Å²) in [5, 5.41) is 2.94. The van der Waals surface area contributed by atoms with Crippen LogP contribution in [0.3, 0.4) is 0 Å². The number of nitrogens with zero attached hydrogens (tertiary/aromatic N) is 2. The number of nitrogens with one attached hydrogen (secondary N) is 1. The van der Waals surface area contributed by atoms with Gasteiger partial charge >= 0.3 is 0 Å². The second-order valence-corrected chi connectivity index (χ2v) is 11.5. The molecular formula is C30H37N3O4S. The topological polar surface area (TPSA) is 86.8 Å². The number of aryl methyl sites for hydroxylation is 2. The number of para-hydroxylation sites is 1. The Morgan fingerprint density at radius 1 is 0.868 bits per heavy atom. The zero-order valence-electron chi connectivity index (χ0n) is 22.6. The van der Waals surface area contributed by atoms with Crippen LogP contribution in [0, 0.1) is 13.8 Å². The van der Waals surface area contributed by atoms with E-state index in [1.807, 2.05) is 74.5 Å². The summed E-state index contributed by atoms with van der Waals surface area (Å²) in [5.41, 5.74) is 4.01. The summed E-state index contributed by atoms with van der Waals surface area (Å²) >= 11 is 0. The SMILES string of the molecule is CCCNC(=O)[C@H](Cc1ccccc1)N(Cc1ccc(C)cc1)C(=O)CN(c1ccccc1C)S(C)(=O)=O. The number of sulfonamides is 1. The molecule has 0 saturated carbocycles. The molecule has 0 spiro atoms. The highest BCUT2D eigenvalue weighted by atomic mass is 32.2. The van der Waals surface area contributed by atoms with Crippen molar-refractivity contribution in [2.24, 2.45) is 0 Å². The van der Waals surface area contributed by atoms with Gasteiger partial charge in [0.15, 0.2) is 0 Å². The Labute approximate surface area is 226 Å². The summed E-state index contributed by atoms with van der Waals surface area (Å²) in [4.78, 5) is 29.0. The van der Waals surface area contributed by atoms with Crippen LogP contribution in [-0.2, 0) is 32.6 Å². The molecule has 2 amide bonds. The highest BCUT2D eigenvalue weighted by Crippen LogP contribution is 2.23. The van der Waals surface area contributed by atoms with Gasteiger partial charge in [-0.25, -0.2) is 8.42 Å². The van der Waals surface area contributed by atoms with Crippen LogP contribution < -0.4 is 9.62 Å². The van der Waals surface area contributed by atoms with E-state index in [1.54, 1.807) is 25.1 Å². The predicted octanol–water partition coefficient (Wildman–Crippen LogP) is 4.24. The van der Waals surface area contributed by atoms with Gasteiger partial charge in [0.1, 0.15) is 12.6 Å². The molecule has 3 rings (SSSR count). The molecule has 0 bridgehead atoms. The Kier molecular flexibility index (Phi) is 10.1. The van der Waals surface area contributed by atoms with Gasteiger partial charge < -0.3 is 10.2 Å². The molecule has 1 atom stereocenters. The van der Waals surface area contributed by atoms with E-state index < -0.39 is 28.5 Å². The Hall–Kier alpha value is -3.65. The van der Waals surface area contributed by atoms with E-state index in [1.165, 1.54) is 4.90 Å². The Balaban J connectivity index is 2.04. The minimum absolute atomic E-state index is 0.168. The molecule has 1 N–H and O–H groups in total. The van der Waals surface area contributed by atoms with E-state index in [0.29, 0.717) is 18.7 Å². The summed E-state index contributed by atoms with van der Waals surface area (Å²) in [5.74, 6) is -0.718. The van der Waals surface area contributed by atoms with Gasteiger partial charge in [0.05, 0.1) is 11.9 Å². The Bertz CT molecular complexity index is 1330. The molecule has 202 valence electrons. The maximum atomic E-state index is 14.0. The molecule has 7 nitrogen and oxygen atoms in total. The number of anilines is 1. The van der Waals surface area contributed by atoms with Gasteiger partial charge in [0.25, 0.3) is 0 Å². The van der Waals surface area contributed by atoms with Gasteiger partial charge in [-0.3, -0.25) is 13.9 Å². The standard InChI is InChI=1S/C30H37N3O4S/c1-5-19-31-30(35)28(20-25-12-7-6-8-13-25)32(21-26-17-15-23(2)16-18-26)29(34)22-33(38(4,36)37)27-14-10-9-11-24(27)3/h6-18,28H,5,19-22H2,1-4H3,(H,31,35)/t28-/m0/s1. The van der Waals surface area contributed by atoms with E-state index >= 15 is 0 Å². The van der Waals surface area contributed by atoms with E-state index in [9.17, 15) is 18.0 Å². The number of hydrogen-bond acceptors (Lipinski definition) is 4. The lowest BCUT2D eigenvalue weighted by Gasteiger charge is -2.33. The number of amides is 2. The second kappa shape index (κ2) is 13.2. The van der Waals surface area contributed by atoms with Crippen molar-refractivity contribution in [2.75, 3.05) is 23.7 Å². The molecule has 38 heavy (non-hydrogen) atoms. The first-order chi connectivity index (χ1) is 18.1. The Morgan fingerprint density at radius 3 is 2.11 bits per heavy atom. The first kappa shape index (κ1) is 28.9.